The molecule has 1 saturated carbocycles. The van der Waals surface area contributed by atoms with Gasteiger partial charge in [-0.1, -0.05) is 27.7 Å². The number of halogens is 3. The molecule has 0 aromatic heterocycles. The molecule has 208 valence electrons. The van der Waals surface area contributed by atoms with Crippen LogP contribution in [0.1, 0.15) is 80.1 Å². The van der Waals surface area contributed by atoms with Crippen LogP contribution in [0.15, 0.2) is 0 Å². The summed E-state index contributed by atoms with van der Waals surface area (Å²) >= 11 is 0. The first kappa shape index (κ1) is 30.4. The number of amides is 4. The number of nitrogens with zero attached hydrogens (tertiary/aromatic N) is 1. The fourth-order valence-corrected chi connectivity index (χ4v) is 4.35. The lowest BCUT2D eigenvalue weighted by atomic mass is 9.83. The molecule has 0 radical (unpaired) electrons. The largest absolute Gasteiger partial charge is 0.471 e. The topological polar surface area (TPSA) is 140 Å². The Morgan fingerprint density at radius 1 is 1.05 bits per heavy atom. The lowest BCUT2D eigenvalue weighted by Gasteiger charge is -2.36. The lowest BCUT2D eigenvalue weighted by Crippen LogP contribution is -2.60. The van der Waals surface area contributed by atoms with Crippen LogP contribution < -0.4 is 21.3 Å². The van der Waals surface area contributed by atoms with Crippen molar-refractivity contribution in [2.24, 2.45) is 16.7 Å². The van der Waals surface area contributed by atoms with Gasteiger partial charge in [0.05, 0.1) is 6.07 Å². The highest BCUT2D eigenvalue weighted by Gasteiger charge is 2.46. The highest BCUT2D eigenvalue weighted by molar-refractivity contribution is 5.93. The molecule has 0 aromatic rings. The fourth-order valence-electron chi connectivity index (χ4n) is 4.35. The molecule has 0 aromatic carbocycles. The van der Waals surface area contributed by atoms with Gasteiger partial charge in [0.2, 0.25) is 17.7 Å². The molecule has 4 amide bonds. The Labute approximate surface area is 215 Å². The third kappa shape index (κ3) is 8.90. The molecule has 1 aliphatic carbocycles. The smallest absolute Gasteiger partial charge is 0.351 e. The second kappa shape index (κ2) is 10.9. The summed E-state index contributed by atoms with van der Waals surface area (Å²) in [4.78, 5) is 50.3. The number of carbonyl (C=O) groups excluding carboxylic acids is 4. The predicted molar refractivity (Wildman–Crippen MR) is 128 cm³/mol. The van der Waals surface area contributed by atoms with Gasteiger partial charge >= 0.3 is 12.1 Å². The van der Waals surface area contributed by atoms with Gasteiger partial charge in [0.25, 0.3) is 0 Å². The Balaban J connectivity index is 2.14. The van der Waals surface area contributed by atoms with Gasteiger partial charge in [0, 0.05) is 11.5 Å². The third-order valence-electron chi connectivity index (χ3n) is 7.04. The van der Waals surface area contributed by atoms with Gasteiger partial charge in [-0.3, -0.25) is 19.2 Å². The average molecular weight is 530 g/mol. The molecular formula is C25H38F3N5O4. The Kier molecular flexibility index (Phi) is 8.93. The Morgan fingerprint density at radius 3 is 2.11 bits per heavy atom. The van der Waals surface area contributed by atoms with Crippen molar-refractivity contribution in [3.63, 3.8) is 0 Å². The van der Waals surface area contributed by atoms with Gasteiger partial charge in [0.15, 0.2) is 0 Å². The van der Waals surface area contributed by atoms with Crippen LogP contribution in [0.5, 0.6) is 0 Å². The Hall–Kier alpha value is -2.84. The van der Waals surface area contributed by atoms with Crippen LogP contribution >= 0.6 is 0 Å². The van der Waals surface area contributed by atoms with Gasteiger partial charge in [-0.25, -0.2) is 0 Å². The zero-order valence-electron chi connectivity index (χ0n) is 22.3. The second-order valence-electron chi connectivity index (χ2n) is 12.4. The van der Waals surface area contributed by atoms with E-state index in [0.717, 1.165) is 12.8 Å². The number of rotatable bonds is 9. The van der Waals surface area contributed by atoms with Crippen LogP contribution in [-0.2, 0) is 19.2 Å². The maximum atomic E-state index is 13.2. The minimum absolute atomic E-state index is 0.0916. The first-order valence-corrected chi connectivity index (χ1v) is 12.5. The van der Waals surface area contributed by atoms with Gasteiger partial charge in [-0.2, -0.15) is 18.4 Å². The van der Waals surface area contributed by atoms with Crippen LogP contribution in [0.3, 0.4) is 0 Å². The zero-order chi connectivity index (χ0) is 28.4. The molecule has 0 spiro atoms. The van der Waals surface area contributed by atoms with E-state index in [-0.39, 0.29) is 29.7 Å². The number of carbonyl (C=O) groups is 4. The van der Waals surface area contributed by atoms with E-state index in [4.69, 9.17) is 0 Å². The summed E-state index contributed by atoms with van der Waals surface area (Å²) in [5.74, 6) is -4.52. The minimum atomic E-state index is -5.18. The molecule has 1 aliphatic heterocycles. The maximum Gasteiger partial charge on any atom is 0.471 e. The normalized spacial score (nSPS) is 22.9. The molecule has 12 heteroatoms. The van der Waals surface area contributed by atoms with E-state index in [1.54, 1.807) is 5.32 Å². The van der Waals surface area contributed by atoms with E-state index in [1.807, 2.05) is 26.8 Å². The molecule has 4 atom stereocenters. The van der Waals surface area contributed by atoms with E-state index < -0.39 is 53.4 Å². The SMILES string of the molecule is CC1(C[C@H](NC(=O)[C@@H](NC(=O)C(F)(F)F)C(C)(C)C)C(=O)N[C@H](C#N)C[C@@H]2CCC(C)(C)NC2=O)CC1. The van der Waals surface area contributed by atoms with Crippen molar-refractivity contribution in [1.29, 1.82) is 5.26 Å². The van der Waals surface area contributed by atoms with E-state index in [1.165, 1.54) is 20.8 Å². The van der Waals surface area contributed by atoms with Crippen LogP contribution in [0.4, 0.5) is 13.2 Å². The molecule has 37 heavy (non-hydrogen) atoms. The van der Waals surface area contributed by atoms with Crippen molar-refractivity contribution < 1.29 is 32.3 Å². The fraction of sp³-hybridized carbons (Fsp3) is 0.800. The van der Waals surface area contributed by atoms with E-state index in [9.17, 15) is 37.6 Å². The van der Waals surface area contributed by atoms with E-state index >= 15 is 0 Å². The van der Waals surface area contributed by atoms with Crippen molar-refractivity contribution in [2.45, 2.75) is 110 Å². The van der Waals surface area contributed by atoms with Crippen molar-refractivity contribution >= 4 is 23.6 Å². The monoisotopic (exact) mass is 529 g/mol. The number of nitrogens with one attached hydrogen (secondary N) is 4. The van der Waals surface area contributed by atoms with Crippen molar-refractivity contribution in [2.75, 3.05) is 0 Å². The number of nitriles is 1. The Morgan fingerprint density at radius 2 is 1.65 bits per heavy atom. The van der Waals surface area contributed by atoms with Crippen LogP contribution in [0.2, 0.25) is 0 Å². The van der Waals surface area contributed by atoms with Crippen LogP contribution in [-0.4, -0.2) is 53.5 Å². The molecule has 4 N–H and O–H groups in total. The molecule has 2 aliphatic rings. The van der Waals surface area contributed by atoms with Crippen molar-refractivity contribution in [1.82, 2.24) is 21.3 Å². The summed E-state index contributed by atoms with van der Waals surface area (Å²) in [6.07, 6.45) is -2.00. The summed E-state index contributed by atoms with van der Waals surface area (Å²) < 4.78 is 38.6. The molecule has 2 fully saturated rings. The standard InChI is InChI=1S/C25H38F3N5O4/c1-22(2,3)17(32-21(37)25(26,27)28)20(36)31-16(12-24(6)9-10-24)19(35)30-15(13-29)11-14-7-8-23(4,5)33-18(14)34/h14-17H,7-12H2,1-6H3,(H,30,35)(H,31,36)(H,32,37)(H,33,34)/t14-,15-,16-,17+/m0/s1. The highest BCUT2D eigenvalue weighted by atomic mass is 19.4. The second-order valence-corrected chi connectivity index (χ2v) is 12.4. The van der Waals surface area contributed by atoms with Crippen LogP contribution in [0.25, 0.3) is 0 Å². The quantitative estimate of drug-likeness (QED) is 0.363. The maximum absolute atomic E-state index is 13.2. The molecule has 1 saturated heterocycles. The molecular weight excluding hydrogens is 491 g/mol. The number of hydrogen-bond acceptors (Lipinski definition) is 5. The summed E-state index contributed by atoms with van der Waals surface area (Å²) in [7, 11) is 0. The van der Waals surface area contributed by atoms with Crippen molar-refractivity contribution in [3.05, 3.63) is 0 Å². The zero-order valence-corrected chi connectivity index (χ0v) is 22.3. The summed E-state index contributed by atoms with van der Waals surface area (Å²) in [6, 6.07) is -1.71. The molecule has 1 heterocycles. The number of alkyl halides is 3. The first-order chi connectivity index (χ1) is 16.8. The van der Waals surface area contributed by atoms with Crippen molar-refractivity contribution in [3.8, 4) is 6.07 Å². The summed E-state index contributed by atoms with van der Waals surface area (Å²) in [5.41, 5.74) is -1.68. The third-order valence-corrected chi connectivity index (χ3v) is 7.04. The first-order valence-electron chi connectivity index (χ1n) is 12.5. The molecule has 0 unspecified atom stereocenters. The number of hydrogen-bond donors (Lipinski definition) is 4. The highest BCUT2D eigenvalue weighted by Crippen LogP contribution is 2.49. The minimum Gasteiger partial charge on any atom is -0.351 e. The van der Waals surface area contributed by atoms with Gasteiger partial charge in [-0.15, -0.1) is 0 Å². The summed E-state index contributed by atoms with van der Waals surface area (Å²) in [6.45, 7) is 10.2. The molecule has 9 nitrogen and oxygen atoms in total. The van der Waals surface area contributed by atoms with Gasteiger partial charge in [0.1, 0.15) is 18.1 Å². The van der Waals surface area contributed by atoms with Gasteiger partial charge < -0.3 is 21.3 Å². The molecule has 0 bridgehead atoms. The number of piperidine rings is 1. The summed E-state index contributed by atoms with van der Waals surface area (Å²) in [5, 5.41) is 19.4. The Bertz CT molecular complexity index is 947. The van der Waals surface area contributed by atoms with E-state index in [2.05, 4.69) is 16.0 Å². The predicted octanol–water partition coefficient (Wildman–Crippen LogP) is 2.46. The van der Waals surface area contributed by atoms with Gasteiger partial charge in [-0.05, 0) is 63.2 Å². The lowest BCUT2D eigenvalue weighted by molar-refractivity contribution is -0.175. The average Bonchev–Trinajstić information content (AvgIpc) is 3.47. The van der Waals surface area contributed by atoms with Crippen LogP contribution in [0, 0.1) is 28.1 Å². The molecule has 2 rings (SSSR count). The van der Waals surface area contributed by atoms with E-state index in [0.29, 0.717) is 12.8 Å².